The lowest BCUT2D eigenvalue weighted by Crippen LogP contribution is -2.43. The maximum absolute atomic E-state index is 12.6. The minimum atomic E-state index is -0.633. The van der Waals surface area contributed by atoms with Crippen molar-refractivity contribution < 1.29 is 9.59 Å². The van der Waals surface area contributed by atoms with Crippen molar-refractivity contribution in [2.24, 2.45) is 0 Å². The van der Waals surface area contributed by atoms with Crippen LogP contribution in [0.4, 0.5) is 5.69 Å². The molecule has 2 heterocycles. The van der Waals surface area contributed by atoms with E-state index in [0.717, 1.165) is 30.6 Å². The predicted octanol–water partition coefficient (Wildman–Crippen LogP) is 4.22. The summed E-state index contributed by atoms with van der Waals surface area (Å²) in [6, 6.07) is 18.4. The van der Waals surface area contributed by atoms with Gasteiger partial charge in [0.1, 0.15) is 0 Å². The number of fused-ring (bicyclic) bond motifs is 1. The van der Waals surface area contributed by atoms with Crippen LogP contribution in [0.1, 0.15) is 33.2 Å². The predicted molar refractivity (Wildman–Crippen MR) is 125 cm³/mol. The van der Waals surface area contributed by atoms with Gasteiger partial charge in [0.15, 0.2) is 0 Å². The summed E-state index contributed by atoms with van der Waals surface area (Å²) in [6.07, 6.45) is 0.985. The van der Waals surface area contributed by atoms with Crippen LogP contribution in [0.3, 0.4) is 0 Å². The van der Waals surface area contributed by atoms with Crippen LogP contribution in [-0.4, -0.2) is 29.8 Å². The van der Waals surface area contributed by atoms with Gasteiger partial charge < -0.3 is 10.6 Å². The van der Waals surface area contributed by atoms with E-state index in [2.05, 4.69) is 51.2 Å². The molecule has 1 aliphatic heterocycles. The molecule has 1 aromatic heterocycles. The van der Waals surface area contributed by atoms with Crippen molar-refractivity contribution in [3.63, 3.8) is 0 Å². The molecule has 2 N–H and O–H groups in total. The molecular weight excluding hydrogens is 406 g/mol. The Labute approximate surface area is 187 Å². The fourth-order valence-corrected chi connectivity index (χ4v) is 4.99. The zero-order valence-electron chi connectivity index (χ0n) is 17.9. The van der Waals surface area contributed by atoms with E-state index in [1.807, 2.05) is 38.1 Å². The molecule has 1 atom stereocenters. The Morgan fingerprint density at radius 3 is 2.42 bits per heavy atom. The van der Waals surface area contributed by atoms with Gasteiger partial charge in [-0.3, -0.25) is 14.5 Å². The van der Waals surface area contributed by atoms with Crippen LogP contribution in [0, 0.1) is 13.8 Å². The maximum Gasteiger partial charge on any atom is 0.313 e. The SMILES string of the molecule is Cc1cccc(C)c1NC(=O)C(=O)NCC(c1cccs1)N1CCc2ccccc2C1. The lowest BCUT2D eigenvalue weighted by atomic mass is 9.98. The summed E-state index contributed by atoms with van der Waals surface area (Å²) >= 11 is 1.68. The fourth-order valence-electron chi connectivity index (χ4n) is 4.13. The van der Waals surface area contributed by atoms with Gasteiger partial charge >= 0.3 is 11.8 Å². The van der Waals surface area contributed by atoms with Crippen LogP contribution in [0.25, 0.3) is 0 Å². The molecule has 0 fully saturated rings. The van der Waals surface area contributed by atoms with E-state index in [1.54, 1.807) is 11.3 Å². The number of para-hydroxylation sites is 1. The molecule has 0 aliphatic carbocycles. The highest BCUT2D eigenvalue weighted by Gasteiger charge is 2.27. The molecule has 1 unspecified atom stereocenters. The van der Waals surface area contributed by atoms with Crippen LogP contribution in [-0.2, 0) is 22.6 Å². The topological polar surface area (TPSA) is 61.4 Å². The first kappa shape index (κ1) is 21.3. The van der Waals surface area contributed by atoms with E-state index in [1.165, 1.54) is 16.0 Å². The lowest BCUT2D eigenvalue weighted by molar-refractivity contribution is -0.136. The Hall–Kier alpha value is -2.96. The zero-order valence-corrected chi connectivity index (χ0v) is 18.7. The smallest absolute Gasteiger partial charge is 0.313 e. The molecule has 1 aliphatic rings. The first-order valence-corrected chi connectivity index (χ1v) is 11.4. The Kier molecular flexibility index (Phi) is 6.49. The molecule has 6 heteroatoms. The average molecular weight is 434 g/mol. The Morgan fingerprint density at radius 2 is 1.71 bits per heavy atom. The molecular formula is C25H27N3O2S. The van der Waals surface area contributed by atoms with Gasteiger partial charge in [0.2, 0.25) is 0 Å². The number of anilines is 1. The minimum Gasteiger partial charge on any atom is -0.346 e. The number of carbonyl (C=O) groups excluding carboxylic acids is 2. The molecule has 5 nitrogen and oxygen atoms in total. The summed E-state index contributed by atoms with van der Waals surface area (Å²) in [5, 5.41) is 7.68. The van der Waals surface area contributed by atoms with Crippen molar-refractivity contribution in [2.45, 2.75) is 32.9 Å². The number of thiophene rings is 1. The second-order valence-corrected chi connectivity index (χ2v) is 8.93. The van der Waals surface area contributed by atoms with Crippen LogP contribution < -0.4 is 10.6 Å². The molecule has 0 radical (unpaired) electrons. The number of rotatable bonds is 5. The van der Waals surface area contributed by atoms with Crippen LogP contribution in [0.2, 0.25) is 0 Å². The first-order valence-electron chi connectivity index (χ1n) is 10.5. The van der Waals surface area contributed by atoms with E-state index in [9.17, 15) is 9.59 Å². The van der Waals surface area contributed by atoms with Gasteiger partial charge in [0, 0.05) is 30.2 Å². The highest BCUT2D eigenvalue weighted by atomic mass is 32.1. The van der Waals surface area contributed by atoms with Gasteiger partial charge in [-0.25, -0.2) is 0 Å². The number of hydrogen-bond acceptors (Lipinski definition) is 4. The summed E-state index contributed by atoms with van der Waals surface area (Å²) in [5.74, 6) is -1.24. The van der Waals surface area contributed by atoms with E-state index in [4.69, 9.17) is 0 Å². The van der Waals surface area contributed by atoms with Crippen molar-refractivity contribution in [1.29, 1.82) is 0 Å². The number of amides is 2. The highest BCUT2D eigenvalue weighted by Crippen LogP contribution is 2.30. The largest absolute Gasteiger partial charge is 0.346 e. The van der Waals surface area contributed by atoms with Gasteiger partial charge in [0.25, 0.3) is 0 Å². The minimum absolute atomic E-state index is 0.0327. The molecule has 0 saturated carbocycles. The lowest BCUT2D eigenvalue weighted by Gasteiger charge is -2.35. The molecule has 0 bridgehead atoms. The monoisotopic (exact) mass is 433 g/mol. The third-order valence-electron chi connectivity index (χ3n) is 5.85. The average Bonchev–Trinajstić information content (AvgIpc) is 3.30. The van der Waals surface area contributed by atoms with Crippen LogP contribution in [0.5, 0.6) is 0 Å². The molecule has 2 amide bonds. The highest BCUT2D eigenvalue weighted by molar-refractivity contribution is 7.10. The third-order valence-corrected chi connectivity index (χ3v) is 6.83. The number of nitrogens with zero attached hydrogens (tertiary/aromatic N) is 1. The second kappa shape index (κ2) is 9.45. The normalized spacial score (nSPS) is 14.5. The van der Waals surface area contributed by atoms with Gasteiger partial charge in [0.05, 0.1) is 6.04 Å². The van der Waals surface area contributed by atoms with E-state index in [-0.39, 0.29) is 6.04 Å². The molecule has 160 valence electrons. The summed E-state index contributed by atoms with van der Waals surface area (Å²) in [7, 11) is 0. The van der Waals surface area contributed by atoms with Crippen molar-refractivity contribution in [3.05, 3.63) is 87.1 Å². The van der Waals surface area contributed by atoms with Gasteiger partial charge in [-0.05, 0) is 54.0 Å². The maximum atomic E-state index is 12.6. The second-order valence-electron chi connectivity index (χ2n) is 7.95. The van der Waals surface area contributed by atoms with Gasteiger partial charge in [-0.2, -0.15) is 0 Å². The van der Waals surface area contributed by atoms with Crippen molar-refractivity contribution in [3.8, 4) is 0 Å². The summed E-state index contributed by atoms with van der Waals surface area (Å²) in [4.78, 5) is 28.7. The summed E-state index contributed by atoms with van der Waals surface area (Å²) in [5.41, 5.74) is 5.29. The number of nitrogens with one attached hydrogen (secondary N) is 2. The number of hydrogen-bond donors (Lipinski definition) is 2. The summed E-state index contributed by atoms with van der Waals surface area (Å²) < 4.78 is 0. The molecule has 4 rings (SSSR count). The quantitative estimate of drug-likeness (QED) is 0.593. The Morgan fingerprint density at radius 1 is 0.968 bits per heavy atom. The summed E-state index contributed by atoms with van der Waals surface area (Å²) in [6.45, 7) is 5.98. The van der Waals surface area contributed by atoms with E-state index >= 15 is 0 Å². The molecule has 3 aromatic rings. The van der Waals surface area contributed by atoms with E-state index < -0.39 is 11.8 Å². The van der Waals surface area contributed by atoms with Crippen LogP contribution >= 0.6 is 11.3 Å². The number of benzene rings is 2. The standard InChI is InChI=1S/C25H27N3O2S/c1-17-7-5-8-18(2)23(17)27-25(30)24(29)26-15-21(22-11-6-14-31-22)28-13-12-19-9-3-4-10-20(19)16-28/h3-11,14,21H,12-13,15-16H2,1-2H3,(H,26,29)(H,27,30). The molecule has 0 saturated heterocycles. The van der Waals surface area contributed by atoms with Crippen molar-refractivity contribution in [1.82, 2.24) is 10.2 Å². The molecule has 31 heavy (non-hydrogen) atoms. The van der Waals surface area contributed by atoms with Crippen molar-refractivity contribution >= 4 is 28.8 Å². The fraction of sp³-hybridized carbons (Fsp3) is 0.280. The Balaban J connectivity index is 1.44. The zero-order chi connectivity index (χ0) is 21.8. The van der Waals surface area contributed by atoms with E-state index in [0.29, 0.717) is 12.2 Å². The van der Waals surface area contributed by atoms with Gasteiger partial charge in [-0.15, -0.1) is 11.3 Å². The Bertz CT molecular complexity index is 1060. The first-order chi connectivity index (χ1) is 15.0. The molecule has 2 aromatic carbocycles. The van der Waals surface area contributed by atoms with Crippen LogP contribution in [0.15, 0.2) is 60.0 Å². The number of aryl methyl sites for hydroxylation is 2. The third kappa shape index (κ3) is 4.86. The van der Waals surface area contributed by atoms with Crippen molar-refractivity contribution in [2.75, 3.05) is 18.4 Å². The number of carbonyl (C=O) groups is 2. The van der Waals surface area contributed by atoms with Gasteiger partial charge in [-0.1, -0.05) is 48.5 Å². The molecule has 0 spiro atoms.